The smallest absolute Gasteiger partial charge is 0.150 e. The van der Waals surface area contributed by atoms with Crippen LogP contribution in [0, 0.1) is 5.92 Å². The van der Waals surface area contributed by atoms with Crippen LogP contribution < -0.4 is 21.7 Å². The highest BCUT2D eigenvalue weighted by atomic mass is 32.2. The Kier molecular flexibility index (Phi) is 14.2. The lowest BCUT2D eigenvalue weighted by molar-refractivity contribution is 0.0376. The molecule has 10 heteroatoms. The number of hydrogen-bond donors (Lipinski definition) is 5. The van der Waals surface area contributed by atoms with Crippen molar-refractivity contribution in [1.29, 1.82) is 0 Å². The van der Waals surface area contributed by atoms with E-state index in [9.17, 15) is 5.11 Å². The van der Waals surface area contributed by atoms with Crippen molar-refractivity contribution in [3.05, 3.63) is 12.3 Å². The number of ether oxygens (including phenoxy) is 4. The number of epoxide rings is 1. The average Bonchev–Trinajstić information content (AvgIpc) is 3.58. The number of rotatable bonds is 18. The second-order valence-corrected chi connectivity index (χ2v) is 10.4. The number of piperazine rings is 1. The fraction of sp³-hybridized carbons (Fsp3) is 0.917. The molecule has 0 saturated carbocycles. The Morgan fingerprint density at radius 1 is 1.03 bits per heavy atom. The first-order chi connectivity index (χ1) is 16.8. The summed E-state index contributed by atoms with van der Waals surface area (Å²) in [7, 11) is 0. The van der Waals surface area contributed by atoms with Gasteiger partial charge in [-0.3, -0.25) is 10.6 Å². The van der Waals surface area contributed by atoms with Crippen molar-refractivity contribution in [3.63, 3.8) is 0 Å². The summed E-state index contributed by atoms with van der Waals surface area (Å²) in [6, 6.07) is 1.01. The maximum atomic E-state index is 10.2. The molecule has 3 aliphatic rings. The summed E-state index contributed by atoms with van der Waals surface area (Å²) in [5.41, 5.74) is 5.40. The summed E-state index contributed by atoms with van der Waals surface area (Å²) in [5.74, 6) is 3.09. The molecule has 0 bridgehead atoms. The monoisotopic (exact) mass is 502 g/mol. The fourth-order valence-electron chi connectivity index (χ4n) is 4.45. The third-order valence-corrected chi connectivity index (χ3v) is 7.56. The molecule has 34 heavy (non-hydrogen) atoms. The summed E-state index contributed by atoms with van der Waals surface area (Å²) >= 11 is 2.05. The van der Waals surface area contributed by atoms with Crippen LogP contribution in [-0.4, -0.2) is 93.6 Å². The number of fused-ring (bicyclic) bond motifs is 2. The lowest BCUT2D eigenvalue weighted by Gasteiger charge is -2.35. The maximum absolute atomic E-state index is 10.2. The average molecular weight is 503 g/mol. The number of nitrogens with two attached hydrogens (primary N) is 1. The number of hydrogen-bond acceptors (Lipinski definition) is 10. The molecular weight excluding hydrogens is 456 g/mol. The molecule has 3 aliphatic heterocycles. The van der Waals surface area contributed by atoms with Gasteiger partial charge in [0.05, 0.1) is 19.8 Å². The largest absolute Gasteiger partial charge is 0.379 e. The van der Waals surface area contributed by atoms with Crippen molar-refractivity contribution in [2.45, 2.75) is 75.7 Å². The molecule has 3 fully saturated rings. The number of aliphatic hydroxyl groups excluding tert-OH is 1. The lowest BCUT2D eigenvalue weighted by Crippen LogP contribution is -2.58. The van der Waals surface area contributed by atoms with E-state index in [-0.39, 0.29) is 12.5 Å². The third-order valence-electron chi connectivity index (χ3n) is 6.44. The molecule has 3 heterocycles. The van der Waals surface area contributed by atoms with E-state index in [0.717, 1.165) is 37.9 Å². The third kappa shape index (κ3) is 11.5. The van der Waals surface area contributed by atoms with Gasteiger partial charge in [-0.05, 0) is 69.0 Å². The van der Waals surface area contributed by atoms with Gasteiger partial charge in [-0.15, -0.1) is 0 Å². The Hall–Kier alpha value is -0.430. The van der Waals surface area contributed by atoms with E-state index in [0.29, 0.717) is 64.2 Å². The van der Waals surface area contributed by atoms with Crippen LogP contribution in [0.25, 0.3) is 0 Å². The highest BCUT2D eigenvalue weighted by Gasteiger charge is 2.48. The highest BCUT2D eigenvalue weighted by Crippen LogP contribution is 2.32. The second-order valence-electron chi connectivity index (χ2n) is 9.30. The normalized spacial score (nSPS) is 29.8. The van der Waals surface area contributed by atoms with Crippen LogP contribution in [0.2, 0.25) is 0 Å². The molecule has 0 amide bonds. The minimum Gasteiger partial charge on any atom is -0.379 e. The molecule has 0 aromatic rings. The van der Waals surface area contributed by atoms with Crippen LogP contribution in [-0.2, 0) is 18.9 Å². The van der Waals surface area contributed by atoms with Crippen LogP contribution in [0.3, 0.4) is 0 Å². The van der Waals surface area contributed by atoms with E-state index in [2.05, 4.69) is 16.0 Å². The van der Waals surface area contributed by atoms with E-state index in [4.69, 9.17) is 24.7 Å². The van der Waals surface area contributed by atoms with Crippen LogP contribution >= 0.6 is 11.8 Å². The minimum absolute atomic E-state index is 0.221. The van der Waals surface area contributed by atoms with E-state index >= 15 is 0 Å². The van der Waals surface area contributed by atoms with Crippen LogP contribution in [0.1, 0.15) is 44.9 Å². The number of aliphatic hydroxyl groups is 1. The van der Waals surface area contributed by atoms with Crippen molar-refractivity contribution in [2.24, 2.45) is 11.7 Å². The van der Waals surface area contributed by atoms with Gasteiger partial charge in [-0.2, -0.15) is 11.8 Å². The molecule has 0 aromatic carbocycles. The first-order valence-electron chi connectivity index (χ1n) is 13.0. The zero-order valence-electron chi connectivity index (χ0n) is 20.5. The molecule has 9 nitrogen and oxygen atoms in total. The van der Waals surface area contributed by atoms with E-state index in [1.165, 1.54) is 18.6 Å². The van der Waals surface area contributed by atoms with Crippen molar-refractivity contribution in [2.75, 3.05) is 57.7 Å². The molecule has 0 radical (unpaired) electrons. The van der Waals surface area contributed by atoms with Crippen LogP contribution in [0.4, 0.5) is 0 Å². The topological polar surface area (TPSA) is 123 Å². The van der Waals surface area contributed by atoms with Gasteiger partial charge in [-0.25, -0.2) is 0 Å². The van der Waals surface area contributed by atoms with Crippen molar-refractivity contribution in [3.8, 4) is 0 Å². The molecule has 3 saturated heterocycles. The lowest BCUT2D eigenvalue weighted by atomic mass is 9.88. The summed E-state index contributed by atoms with van der Waals surface area (Å²) in [4.78, 5) is 0. The first-order valence-corrected chi connectivity index (χ1v) is 14.2. The quantitative estimate of drug-likeness (QED) is 0.106. The van der Waals surface area contributed by atoms with Gasteiger partial charge in [0, 0.05) is 37.7 Å². The van der Waals surface area contributed by atoms with Crippen LogP contribution in [0.15, 0.2) is 12.3 Å². The summed E-state index contributed by atoms with van der Waals surface area (Å²) in [6.45, 7) is 4.43. The molecule has 6 N–H and O–H groups in total. The van der Waals surface area contributed by atoms with E-state index in [1.54, 1.807) is 6.20 Å². The van der Waals surface area contributed by atoms with Gasteiger partial charge in [0.2, 0.25) is 0 Å². The van der Waals surface area contributed by atoms with Gasteiger partial charge in [0.15, 0.2) is 12.5 Å². The Morgan fingerprint density at radius 2 is 1.79 bits per heavy atom. The molecule has 0 aromatic heterocycles. The predicted molar refractivity (Wildman–Crippen MR) is 135 cm³/mol. The van der Waals surface area contributed by atoms with Crippen LogP contribution in [0.5, 0.6) is 0 Å². The van der Waals surface area contributed by atoms with Gasteiger partial charge in [-0.1, -0.05) is 6.42 Å². The maximum Gasteiger partial charge on any atom is 0.150 e. The Morgan fingerprint density at radius 3 is 2.62 bits per heavy atom. The van der Waals surface area contributed by atoms with Gasteiger partial charge in [0.25, 0.3) is 0 Å². The highest BCUT2D eigenvalue weighted by molar-refractivity contribution is 7.99. The summed E-state index contributed by atoms with van der Waals surface area (Å²) in [5, 5.41) is 20.6. The SMILES string of the molecule is NCCCOCCOCCCOC/C=C/NC(O)CCC[C@@H]1CCSC[C@@H]2N[C@@H]3OC3N[C@@H]2C1. The minimum atomic E-state index is -0.512. The fourth-order valence-corrected chi connectivity index (χ4v) is 5.70. The molecule has 6 atom stereocenters. The van der Waals surface area contributed by atoms with Crippen molar-refractivity contribution in [1.82, 2.24) is 16.0 Å². The molecule has 198 valence electrons. The Balaban J connectivity index is 1.12. The zero-order valence-corrected chi connectivity index (χ0v) is 21.3. The van der Waals surface area contributed by atoms with E-state index < -0.39 is 6.23 Å². The van der Waals surface area contributed by atoms with Gasteiger partial charge in [0.1, 0.15) is 6.23 Å². The second kappa shape index (κ2) is 17.1. The molecule has 2 unspecified atom stereocenters. The summed E-state index contributed by atoms with van der Waals surface area (Å²) in [6.07, 6.45) is 10.8. The predicted octanol–water partition coefficient (Wildman–Crippen LogP) is 1.12. The first kappa shape index (κ1) is 28.1. The Labute approximate surface area is 209 Å². The van der Waals surface area contributed by atoms with Crippen molar-refractivity contribution < 1.29 is 24.1 Å². The molecule has 0 spiro atoms. The number of thioether (sulfide) groups is 1. The number of nitrogens with one attached hydrogen (secondary N) is 3. The molecule has 0 aliphatic carbocycles. The zero-order chi connectivity index (χ0) is 23.8. The van der Waals surface area contributed by atoms with Gasteiger partial charge >= 0.3 is 0 Å². The standard InChI is InChI=1S/C24H46N4O5S/c25-8-2-10-31-14-15-32-13-4-12-30-11-3-9-26-22(29)6-1-5-19-7-16-34-18-21-20(17-19)27-23-24(28-21)33-23/h3,9,19-24,26-29H,1-2,4-8,10-18,25H2/b9-3+/t19-,20-,21+,22?,23?,24-/m1/s1. The molecule has 3 rings (SSSR count). The summed E-state index contributed by atoms with van der Waals surface area (Å²) < 4.78 is 22.0. The van der Waals surface area contributed by atoms with Crippen molar-refractivity contribution >= 4 is 11.8 Å². The van der Waals surface area contributed by atoms with E-state index in [1.807, 2.05) is 17.8 Å². The van der Waals surface area contributed by atoms with Gasteiger partial charge < -0.3 is 35.1 Å². The Bertz CT molecular complexity index is 561. The molecular formula is C24H46N4O5S.